The second-order valence-electron chi connectivity index (χ2n) is 6.64. The van der Waals surface area contributed by atoms with Crippen LogP contribution in [0.5, 0.6) is 5.75 Å². The number of sulfonamides is 1. The van der Waals surface area contributed by atoms with Gasteiger partial charge in [0.05, 0.1) is 12.0 Å². The van der Waals surface area contributed by atoms with E-state index in [2.05, 4.69) is 10.0 Å². The quantitative estimate of drug-likeness (QED) is 0.484. The highest BCUT2D eigenvalue weighted by molar-refractivity contribution is 7.92. The Labute approximate surface area is 186 Å². The van der Waals surface area contributed by atoms with Gasteiger partial charge in [0.15, 0.2) is 0 Å². The summed E-state index contributed by atoms with van der Waals surface area (Å²) in [4.78, 5) is 12.3. The number of benzene rings is 3. The number of carbonyl (C=O) groups is 1. The predicted molar refractivity (Wildman–Crippen MR) is 124 cm³/mol. The molecule has 8 heteroatoms. The van der Waals surface area contributed by atoms with Gasteiger partial charge in [-0.25, -0.2) is 8.42 Å². The molecule has 0 bridgehead atoms. The maximum absolute atomic E-state index is 12.6. The number of nitrogens with one attached hydrogen (secondary N) is 2. The summed E-state index contributed by atoms with van der Waals surface area (Å²) in [7, 11) is -2.20. The molecular formula is C23H21ClN2O4S. The first kappa shape index (κ1) is 22.4. The first-order valence-electron chi connectivity index (χ1n) is 9.29. The molecule has 0 saturated carbocycles. The van der Waals surface area contributed by atoms with E-state index in [1.54, 1.807) is 60.7 Å². The molecule has 0 heterocycles. The Kier molecular flexibility index (Phi) is 6.99. The molecule has 0 fully saturated rings. The fourth-order valence-electron chi connectivity index (χ4n) is 2.72. The standard InChI is InChI=1S/C23H21ClN2O4S/c1-16-21(24)4-3-5-22(16)25-23(27)15-8-17-6-13-20(14-7-17)31(28,29)26-18-9-11-19(30-2)12-10-18/h3-15,26H,1-2H3,(H,25,27)/b15-8+. The molecule has 0 atom stereocenters. The molecule has 6 nitrogen and oxygen atoms in total. The van der Waals surface area contributed by atoms with Crippen molar-refractivity contribution >= 4 is 45.0 Å². The minimum absolute atomic E-state index is 0.111. The molecule has 3 aromatic rings. The van der Waals surface area contributed by atoms with Crippen molar-refractivity contribution in [1.29, 1.82) is 0 Å². The zero-order valence-corrected chi connectivity index (χ0v) is 18.5. The molecule has 0 unspecified atom stereocenters. The number of rotatable bonds is 7. The van der Waals surface area contributed by atoms with E-state index in [9.17, 15) is 13.2 Å². The fraction of sp³-hybridized carbons (Fsp3) is 0.0870. The monoisotopic (exact) mass is 456 g/mol. The zero-order chi connectivity index (χ0) is 22.4. The Morgan fingerprint density at radius 2 is 1.68 bits per heavy atom. The van der Waals surface area contributed by atoms with E-state index in [1.807, 2.05) is 6.92 Å². The Morgan fingerprint density at radius 3 is 2.32 bits per heavy atom. The van der Waals surface area contributed by atoms with Crippen molar-refractivity contribution in [2.45, 2.75) is 11.8 Å². The van der Waals surface area contributed by atoms with Crippen molar-refractivity contribution in [3.8, 4) is 5.75 Å². The van der Waals surface area contributed by atoms with Crippen LogP contribution in [0.4, 0.5) is 11.4 Å². The van der Waals surface area contributed by atoms with Crippen molar-refractivity contribution in [2.75, 3.05) is 17.1 Å². The average Bonchev–Trinajstić information content (AvgIpc) is 2.76. The summed E-state index contributed by atoms with van der Waals surface area (Å²) >= 11 is 6.06. The summed E-state index contributed by atoms with van der Waals surface area (Å²) in [5.41, 5.74) is 2.53. The average molecular weight is 457 g/mol. The van der Waals surface area contributed by atoms with Gasteiger partial charge in [-0.1, -0.05) is 29.8 Å². The molecule has 3 aromatic carbocycles. The molecule has 160 valence electrons. The van der Waals surface area contributed by atoms with Gasteiger partial charge < -0.3 is 10.1 Å². The number of ether oxygens (including phenoxy) is 1. The third-order valence-electron chi connectivity index (χ3n) is 4.49. The van der Waals surface area contributed by atoms with Crippen molar-refractivity contribution in [1.82, 2.24) is 0 Å². The van der Waals surface area contributed by atoms with Crippen LogP contribution in [-0.4, -0.2) is 21.4 Å². The number of halogens is 1. The van der Waals surface area contributed by atoms with E-state index in [-0.39, 0.29) is 10.8 Å². The van der Waals surface area contributed by atoms with Crippen LogP contribution in [0.25, 0.3) is 6.08 Å². The largest absolute Gasteiger partial charge is 0.497 e. The summed E-state index contributed by atoms with van der Waals surface area (Å²) in [6, 6.07) is 18.0. The van der Waals surface area contributed by atoms with Gasteiger partial charge in [-0.3, -0.25) is 9.52 Å². The summed E-state index contributed by atoms with van der Waals surface area (Å²) < 4.78 is 32.7. The molecule has 0 saturated heterocycles. The van der Waals surface area contributed by atoms with Gasteiger partial charge in [-0.2, -0.15) is 0 Å². The Balaban J connectivity index is 1.65. The Hall–Kier alpha value is -3.29. The molecule has 0 aliphatic carbocycles. The third-order valence-corrected chi connectivity index (χ3v) is 6.29. The topological polar surface area (TPSA) is 84.5 Å². The van der Waals surface area contributed by atoms with Gasteiger partial charge in [-0.15, -0.1) is 0 Å². The third kappa shape index (κ3) is 5.87. The van der Waals surface area contributed by atoms with Gasteiger partial charge in [0, 0.05) is 22.5 Å². The van der Waals surface area contributed by atoms with Gasteiger partial charge in [-0.05, 0) is 72.7 Å². The van der Waals surface area contributed by atoms with Gasteiger partial charge in [0.25, 0.3) is 10.0 Å². The number of anilines is 2. The lowest BCUT2D eigenvalue weighted by Crippen LogP contribution is -2.12. The molecule has 0 spiro atoms. The van der Waals surface area contributed by atoms with Gasteiger partial charge in [0.1, 0.15) is 5.75 Å². The summed E-state index contributed by atoms with van der Waals surface area (Å²) in [5.74, 6) is 0.317. The lowest BCUT2D eigenvalue weighted by molar-refractivity contribution is -0.111. The number of hydrogen-bond acceptors (Lipinski definition) is 4. The van der Waals surface area contributed by atoms with E-state index in [0.29, 0.717) is 27.7 Å². The van der Waals surface area contributed by atoms with Crippen LogP contribution in [0.3, 0.4) is 0 Å². The number of hydrogen-bond donors (Lipinski definition) is 2. The van der Waals surface area contributed by atoms with Crippen LogP contribution in [0.15, 0.2) is 77.7 Å². The molecule has 0 aliphatic heterocycles. The highest BCUT2D eigenvalue weighted by Crippen LogP contribution is 2.23. The van der Waals surface area contributed by atoms with E-state index in [1.165, 1.54) is 25.3 Å². The Morgan fingerprint density at radius 1 is 1.00 bits per heavy atom. The molecule has 1 amide bonds. The first-order chi connectivity index (χ1) is 14.8. The van der Waals surface area contributed by atoms with E-state index >= 15 is 0 Å². The number of amides is 1. The minimum atomic E-state index is -3.74. The zero-order valence-electron chi connectivity index (χ0n) is 16.9. The number of carbonyl (C=O) groups excluding carboxylic acids is 1. The molecule has 0 aromatic heterocycles. The van der Waals surface area contributed by atoms with Crippen molar-refractivity contribution in [2.24, 2.45) is 0 Å². The number of methoxy groups -OCH3 is 1. The van der Waals surface area contributed by atoms with E-state index in [4.69, 9.17) is 16.3 Å². The first-order valence-corrected chi connectivity index (χ1v) is 11.2. The van der Waals surface area contributed by atoms with Crippen LogP contribution >= 0.6 is 11.6 Å². The van der Waals surface area contributed by atoms with Gasteiger partial charge >= 0.3 is 0 Å². The van der Waals surface area contributed by atoms with Crippen LogP contribution in [0.2, 0.25) is 5.02 Å². The SMILES string of the molecule is COc1ccc(NS(=O)(=O)c2ccc(/C=C/C(=O)Nc3cccc(Cl)c3C)cc2)cc1. The second-order valence-corrected chi connectivity index (χ2v) is 8.73. The normalized spacial score (nSPS) is 11.3. The van der Waals surface area contributed by atoms with E-state index < -0.39 is 10.0 Å². The van der Waals surface area contributed by atoms with E-state index in [0.717, 1.165) is 5.56 Å². The molecule has 3 rings (SSSR count). The Bertz CT molecular complexity index is 1210. The smallest absolute Gasteiger partial charge is 0.261 e. The predicted octanol–water partition coefficient (Wildman–Crippen LogP) is 5.11. The van der Waals surface area contributed by atoms with Crippen molar-refractivity contribution in [3.05, 3.63) is 89.0 Å². The second kappa shape index (κ2) is 9.68. The highest BCUT2D eigenvalue weighted by atomic mass is 35.5. The van der Waals surface area contributed by atoms with Crippen molar-refractivity contribution in [3.63, 3.8) is 0 Å². The van der Waals surface area contributed by atoms with Crippen LogP contribution in [0, 0.1) is 6.92 Å². The fourth-order valence-corrected chi connectivity index (χ4v) is 3.95. The molecule has 2 N–H and O–H groups in total. The van der Waals surface area contributed by atoms with Crippen LogP contribution in [-0.2, 0) is 14.8 Å². The highest BCUT2D eigenvalue weighted by Gasteiger charge is 2.14. The van der Waals surface area contributed by atoms with Crippen LogP contribution in [0.1, 0.15) is 11.1 Å². The summed E-state index contributed by atoms with van der Waals surface area (Å²) in [6.07, 6.45) is 2.97. The summed E-state index contributed by atoms with van der Waals surface area (Å²) in [5, 5.41) is 3.34. The molecule has 0 aliphatic rings. The maximum Gasteiger partial charge on any atom is 0.261 e. The van der Waals surface area contributed by atoms with Crippen molar-refractivity contribution < 1.29 is 17.9 Å². The maximum atomic E-state index is 12.6. The lowest BCUT2D eigenvalue weighted by atomic mass is 10.2. The van der Waals surface area contributed by atoms with Gasteiger partial charge in [0.2, 0.25) is 5.91 Å². The lowest BCUT2D eigenvalue weighted by Gasteiger charge is -2.09. The molecule has 31 heavy (non-hydrogen) atoms. The summed E-state index contributed by atoms with van der Waals surface area (Å²) in [6.45, 7) is 1.82. The van der Waals surface area contributed by atoms with Crippen LogP contribution < -0.4 is 14.8 Å². The molecule has 0 radical (unpaired) electrons. The molecular weight excluding hydrogens is 436 g/mol. The minimum Gasteiger partial charge on any atom is -0.497 e.